The summed E-state index contributed by atoms with van der Waals surface area (Å²) in [7, 11) is -3.76. The second kappa shape index (κ2) is 9.00. The van der Waals surface area contributed by atoms with E-state index in [1.807, 2.05) is 13.8 Å². The largest absolute Gasteiger partial charge is 0.468 e. The van der Waals surface area contributed by atoms with Crippen LogP contribution in [0, 0.1) is 0 Å². The summed E-state index contributed by atoms with van der Waals surface area (Å²) in [5, 5.41) is 7.84. The number of anilines is 1. The highest BCUT2D eigenvalue weighted by atomic mass is 32.2. The third kappa shape index (κ3) is 4.71. The lowest BCUT2D eigenvalue weighted by molar-refractivity contribution is 0.102. The number of rotatable bonds is 7. The Bertz CT molecular complexity index is 1460. The first-order valence-electron chi connectivity index (χ1n) is 10.2. The molecule has 0 aliphatic carbocycles. The summed E-state index contributed by atoms with van der Waals surface area (Å²) < 4.78 is 33.8. The van der Waals surface area contributed by atoms with Gasteiger partial charge in [0.1, 0.15) is 5.76 Å². The average Bonchev–Trinajstić information content (AvgIpc) is 3.32. The Morgan fingerprint density at radius 1 is 1.03 bits per heavy atom. The Hall–Kier alpha value is -3.76. The van der Waals surface area contributed by atoms with Crippen molar-refractivity contribution in [2.75, 3.05) is 5.32 Å². The quantitative estimate of drug-likeness (QED) is 0.431. The number of carbonyl (C=O) groups is 1. The van der Waals surface area contributed by atoms with Crippen LogP contribution in [0.2, 0.25) is 0 Å². The van der Waals surface area contributed by atoms with Crippen LogP contribution in [0.4, 0.5) is 5.69 Å². The molecule has 0 aliphatic rings. The van der Waals surface area contributed by atoms with Gasteiger partial charge in [0.15, 0.2) is 5.69 Å². The van der Waals surface area contributed by atoms with Gasteiger partial charge in [0.25, 0.3) is 11.5 Å². The van der Waals surface area contributed by atoms with Crippen molar-refractivity contribution in [2.45, 2.75) is 31.3 Å². The van der Waals surface area contributed by atoms with Gasteiger partial charge in [-0.15, -0.1) is 0 Å². The summed E-state index contributed by atoms with van der Waals surface area (Å²) in [6.45, 7) is 3.64. The van der Waals surface area contributed by atoms with Crippen LogP contribution in [0.1, 0.15) is 36.1 Å². The van der Waals surface area contributed by atoms with Gasteiger partial charge in [-0.25, -0.2) is 17.8 Å². The topological polar surface area (TPSA) is 123 Å². The first kappa shape index (κ1) is 22.4. The fourth-order valence-corrected chi connectivity index (χ4v) is 4.29. The number of benzene rings is 2. The van der Waals surface area contributed by atoms with Gasteiger partial charge in [0.2, 0.25) is 10.0 Å². The van der Waals surface area contributed by atoms with Crippen molar-refractivity contribution < 1.29 is 17.6 Å². The van der Waals surface area contributed by atoms with Crippen LogP contribution in [-0.4, -0.2) is 24.1 Å². The van der Waals surface area contributed by atoms with Crippen LogP contribution in [0.3, 0.4) is 0 Å². The summed E-state index contributed by atoms with van der Waals surface area (Å²) in [6.07, 6.45) is 1.46. The second-order valence-corrected chi connectivity index (χ2v) is 9.39. The third-order valence-electron chi connectivity index (χ3n) is 4.97. The van der Waals surface area contributed by atoms with Crippen molar-refractivity contribution in [3.8, 4) is 0 Å². The van der Waals surface area contributed by atoms with E-state index in [4.69, 9.17) is 4.42 Å². The summed E-state index contributed by atoms with van der Waals surface area (Å²) in [6, 6.07) is 15.7. The molecule has 0 saturated heterocycles. The molecule has 1 amide bonds. The molecule has 33 heavy (non-hydrogen) atoms. The molecule has 170 valence electrons. The van der Waals surface area contributed by atoms with Crippen LogP contribution >= 0.6 is 0 Å². The Morgan fingerprint density at radius 3 is 2.36 bits per heavy atom. The minimum atomic E-state index is -3.76. The minimum Gasteiger partial charge on any atom is -0.468 e. The zero-order chi connectivity index (χ0) is 23.6. The Labute approximate surface area is 190 Å². The molecule has 0 aliphatic heterocycles. The molecule has 2 heterocycles. The van der Waals surface area contributed by atoms with Crippen molar-refractivity contribution in [3.63, 3.8) is 0 Å². The number of hydrogen-bond acceptors (Lipinski definition) is 6. The average molecular weight is 467 g/mol. The van der Waals surface area contributed by atoms with Crippen LogP contribution in [0.15, 0.2) is 81.0 Å². The molecule has 0 atom stereocenters. The number of fused-ring (bicyclic) bond motifs is 1. The summed E-state index contributed by atoms with van der Waals surface area (Å²) in [5.41, 5.74) is 0.225. The molecular weight excluding hydrogens is 444 g/mol. The van der Waals surface area contributed by atoms with Crippen LogP contribution in [0.5, 0.6) is 0 Å². The second-order valence-electron chi connectivity index (χ2n) is 7.62. The lowest BCUT2D eigenvalue weighted by Crippen LogP contribution is -2.29. The van der Waals surface area contributed by atoms with E-state index in [1.165, 1.54) is 35.2 Å². The smallest absolute Gasteiger partial charge is 0.276 e. The molecule has 9 nitrogen and oxygen atoms in total. The molecule has 0 spiro atoms. The van der Waals surface area contributed by atoms with Crippen molar-refractivity contribution in [1.29, 1.82) is 0 Å². The molecule has 0 saturated carbocycles. The van der Waals surface area contributed by atoms with E-state index in [0.717, 1.165) is 0 Å². The normalized spacial score (nSPS) is 11.7. The fourth-order valence-electron chi connectivity index (χ4n) is 3.29. The first-order valence-corrected chi connectivity index (χ1v) is 11.7. The molecule has 10 heteroatoms. The number of amides is 1. The molecule has 0 radical (unpaired) electrons. The Morgan fingerprint density at radius 2 is 1.73 bits per heavy atom. The number of sulfonamides is 1. The van der Waals surface area contributed by atoms with E-state index in [0.29, 0.717) is 22.2 Å². The summed E-state index contributed by atoms with van der Waals surface area (Å²) in [4.78, 5) is 25.7. The molecule has 4 aromatic rings. The van der Waals surface area contributed by atoms with Gasteiger partial charge < -0.3 is 9.73 Å². The van der Waals surface area contributed by atoms with Crippen molar-refractivity contribution in [3.05, 3.63) is 88.7 Å². The van der Waals surface area contributed by atoms with Gasteiger partial charge in [-0.05, 0) is 56.3 Å². The third-order valence-corrected chi connectivity index (χ3v) is 6.39. The molecule has 2 aromatic heterocycles. The predicted octanol–water partition coefficient (Wildman–Crippen LogP) is 3.30. The first-order chi connectivity index (χ1) is 15.8. The van der Waals surface area contributed by atoms with E-state index < -0.39 is 15.9 Å². The van der Waals surface area contributed by atoms with E-state index in [-0.39, 0.29) is 28.7 Å². The minimum absolute atomic E-state index is 0.0259. The van der Waals surface area contributed by atoms with E-state index in [9.17, 15) is 18.0 Å². The highest BCUT2D eigenvalue weighted by molar-refractivity contribution is 7.89. The highest BCUT2D eigenvalue weighted by Gasteiger charge is 2.19. The van der Waals surface area contributed by atoms with Gasteiger partial charge in [-0.1, -0.05) is 18.2 Å². The van der Waals surface area contributed by atoms with Gasteiger partial charge in [0.05, 0.1) is 29.1 Å². The van der Waals surface area contributed by atoms with Gasteiger partial charge in [-0.3, -0.25) is 9.59 Å². The SMILES string of the molecule is CC(C)n1nc(C(=O)Nc2ccc(S(=O)(=O)NCc3ccco3)cc2)c2ccccc2c1=O. The van der Waals surface area contributed by atoms with E-state index in [2.05, 4.69) is 15.1 Å². The lowest BCUT2D eigenvalue weighted by Gasteiger charge is -2.13. The molecular formula is C23H22N4O5S. The van der Waals surface area contributed by atoms with Gasteiger partial charge in [0, 0.05) is 11.1 Å². The number of nitrogens with one attached hydrogen (secondary N) is 2. The van der Waals surface area contributed by atoms with E-state index >= 15 is 0 Å². The zero-order valence-electron chi connectivity index (χ0n) is 18.0. The number of hydrogen-bond donors (Lipinski definition) is 2. The summed E-state index contributed by atoms with van der Waals surface area (Å²) in [5.74, 6) is -0.0166. The monoisotopic (exact) mass is 466 g/mol. The molecule has 0 bridgehead atoms. The Balaban J connectivity index is 1.56. The van der Waals surface area contributed by atoms with Crippen molar-refractivity contribution in [2.24, 2.45) is 0 Å². The maximum absolute atomic E-state index is 13.0. The molecule has 0 fully saturated rings. The lowest BCUT2D eigenvalue weighted by atomic mass is 10.1. The number of furan rings is 1. The van der Waals surface area contributed by atoms with Crippen LogP contribution < -0.4 is 15.6 Å². The molecule has 4 rings (SSSR count). The number of nitrogens with zero attached hydrogens (tertiary/aromatic N) is 2. The zero-order valence-corrected chi connectivity index (χ0v) is 18.8. The summed E-state index contributed by atoms with van der Waals surface area (Å²) >= 11 is 0. The molecule has 2 N–H and O–H groups in total. The van der Waals surface area contributed by atoms with Crippen LogP contribution in [-0.2, 0) is 16.6 Å². The van der Waals surface area contributed by atoms with Crippen molar-refractivity contribution in [1.82, 2.24) is 14.5 Å². The maximum Gasteiger partial charge on any atom is 0.276 e. The standard InChI is InChI=1S/C23H22N4O5S/c1-15(2)27-23(29)20-8-4-3-7-19(20)21(26-27)22(28)25-16-9-11-18(12-10-16)33(30,31)24-14-17-6-5-13-32-17/h3-13,15,24H,14H2,1-2H3,(H,25,28). The van der Waals surface area contributed by atoms with Crippen molar-refractivity contribution >= 4 is 32.4 Å². The van der Waals surface area contributed by atoms with Crippen LogP contribution in [0.25, 0.3) is 10.8 Å². The number of aromatic nitrogens is 2. The predicted molar refractivity (Wildman–Crippen MR) is 124 cm³/mol. The fraction of sp³-hybridized carbons (Fsp3) is 0.174. The molecule has 2 aromatic carbocycles. The Kier molecular flexibility index (Phi) is 6.12. The maximum atomic E-state index is 13.0. The molecule has 0 unspecified atom stereocenters. The van der Waals surface area contributed by atoms with E-state index in [1.54, 1.807) is 36.4 Å². The number of carbonyl (C=O) groups excluding carboxylic acids is 1. The van der Waals surface area contributed by atoms with Gasteiger partial charge >= 0.3 is 0 Å². The van der Waals surface area contributed by atoms with Gasteiger partial charge in [-0.2, -0.15) is 5.10 Å². The highest BCUT2D eigenvalue weighted by Crippen LogP contribution is 2.19.